The second-order valence-electron chi connectivity index (χ2n) is 4.49. The van der Waals surface area contributed by atoms with E-state index in [-0.39, 0.29) is 12.0 Å². The lowest BCUT2D eigenvalue weighted by Crippen LogP contribution is -2.05. The van der Waals surface area contributed by atoms with E-state index in [4.69, 9.17) is 0 Å². The first-order valence-corrected chi connectivity index (χ1v) is 6.94. The number of hydrogen-bond donors (Lipinski definition) is 0. The maximum Gasteiger partial charge on any atom is 0.416 e. The van der Waals surface area contributed by atoms with Gasteiger partial charge in [-0.3, -0.25) is 0 Å². The molecule has 0 aliphatic carbocycles. The van der Waals surface area contributed by atoms with Crippen LogP contribution in [0.25, 0.3) is 0 Å². The summed E-state index contributed by atoms with van der Waals surface area (Å²) in [5.74, 6) is -1.35. The second kappa shape index (κ2) is 6.13. The van der Waals surface area contributed by atoms with E-state index in [1.807, 2.05) is 0 Å². The van der Waals surface area contributed by atoms with Crippen LogP contribution in [-0.4, -0.2) is 0 Å². The molecular weight excluding hydrogens is 355 g/mol. The molecule has 2 aromatic rings. The lowest BCUT2D eigenvalue weighted by molar-refractivity contribution is -0.137. The molecule has 6 heteroatoms. The zero-order valence-corrected chi connectivity index (χ0v) is 12.2. The summed E-state index contributed by atoms with van der Waals surface area (Å²) in [4.78, 5) is -0.480. The molecule has 0 aliphatic rings. The van der Waals surface area contributed by atoms with Crippen LogP contribution in [-0.2, 0) is 12.6 Å². The predicted octanol–water partition coefficient (Wildman–Crippen LogP) is 5.66. The van der Waals surface area contributed by atoms with Gasteiger partial charge in [0.05, 0.1) is 5.56 Å². The van der Waals surface area contributed by atoms with E-state index in [9.17, 15) is 22.0 Å². The highest BCUT2D eigenvalue weighted by atomic mass is 79.9. The topological polar surface area (TPSA) is 0 Å². The monoisotopic (exact) mass is 364 g/mol. The van der Waals surface area contributed by atoms with Crippen LogP contribution < -0.4 is 0 Å². The quantitative estimate of drug-likeness (QED) is 0.486. The van der Waals surface area contributed by atoms with Crippen molar-refractivity contribution in [2.75, 3.05) is 0 Å². The number of alkyl halides is 4. The van der Waals surface area contributed by atoms with Crippen LogP contribution in [0.2, 0.25) is 0 Å². The molecule has 0 aromatic heterocycles. The van der Waals surface area contributed by atoms with E-state index in [2.05, 4.69) is 15.9 Å². The normalized spacial score (nSPS) is 13.2. The van der Waals surface area contributed by atoms with Gasteiger partial charge in [0.25, 0.3) is 0 Å². The average molecular weight is 365 g/mol. The Morgan fingerprint density at radius 1 is 0.905 bits per heavy atom. The van der Waals surface area contributed by atoms with Crippen molar-refractivity contribution in [2.45, 2.75) is 17.4 Å². The molecule has 0 amide bonds. The Balaban J connectivity index is 2.19. The minimum absolute atomic E-state index is 0.00384. The summed E-state index contributed by atoms with van der Waals surface area (Å²) in [6.45, 7) is 0. The Labute approximate surface area is 126 Å². The summed E-state index contributed by atoms with van der Waals surface area (Å²) in [7, 11) is 0. The molecule has 0 saturated heterocycles. The van der Waals surface area contributed by atoms with Crippen LogP contribution in [0.3, 0.4) is 0 Å². The molecule has 0 fully saturated rings. The third kappa shape index (κ3) is 3.81. The molecule has 2 aromatic carbocycles. The standard InChI is InChI=1S/C15H10BrF5/c16-12(8-11-13(17)2-1-3-14(11)18)9-4-6-10(7-5-9)15(19,20)21/h1-7,12H,8H2. The molecule has 2 rings (SSSR count). The molecule has 0 saturated carbocycles. The van der Waals surface area contributed by atoms with Crippen LogP contribution in [0.15, 0.2) is 42.5 Å². The Morgan fingerprint density at radius 2 is 1.43 bits per heavy atom. The Morgan fingerprint density at radius 3 is 1.90 bits per heavy atom. The molecule has 1 atom stereocenters. The van der Waals surface area contributed by atoms with Crippen LogP contribution in [0.1, 0.15) is 21.5 Å². The molecular formula is C15H10BrF5. The fourth-order valence-corrected chi connectivity index (χ4v) is 2.53. The van der Waals surface area contributed by atoms with Crippen molar-refractivity contribution in [3.63, 3.8) is 0 Å². The fraction of sp³-hybridized carbons (Fsp3) is 0.200. The number of benzene rings is 2. The molecule has 112 valence electrons. The van der Waals surface area contributed by atoms with E-state index in [1.54, 1.807) is 0 Å². The third-order valence-electron chi connectivity index (χ3n) is 3.04. The van der Waals surface area contributed by atoms with Gasteiger partial charge in [0.2, 0.25) is 0 Å². The first kappa shape index (κ1) is 15.9. The summed E-state index contributed by atoms with van der Waals surface area (Å²) in [5, 5.41) is 0. The zero-order chi connectivity index (χ0) is 15.6. The summed E-state index contributed by atoms with van der Waals surface area (Å²) >= 11 is 3.25. The molecule has 1 unspecified atom stereocenters. The van der Waals surface area contributed by atoms with Gasteiger partial charge in [0, 0.05) is 10.4 Å². The van der Waals surface area contributed by atoms with Gasteiger partial charge in [-0.1, -0.05) is 34.1 Å². The second-order valence-corrected chi connectivity index (χ2v) is 5.60. The Bertz CT molecular complexity index is 599. The lowest BCUT2D eigenvalue weighted by Gasteiger charge is -2.13. The minimum Gasteiger partial charge on any atom is -0.207 e. The van der Waals surface area contributed by atoms with Crippen molar-refractivity contribution < 1.29 is 22.0 Å². The first-order valence-electron chi connectivity index (χ1n) is 6.03. The molecule has 0 heterocycles. The van der Waals surface area contributed by atoms with E-state index < -0.39 is 28.2 Å². The van der Waals surface area contributed by atoms with Crippen molar-refractivity contribution >= 4 is 15.9 Å². The van der Waals surface area contributed by atoms with Crippen molar-refractivity contribution in [3.8, 4) is 0 Å². The maximum absolute atomic E-state index is 13.5. The van der Waals surface area contributed by atoms with Crippen molar-refractivity contribution in [1.29, 1.82) is 0 Å². The SMILES string of the molecule is Fc1cccc(F)c1CC(Br)c1ccc(C(F)(F)F)cc1. The number of rotatable bonds is 3. The Hall–Kier alpha value is -1.43. The average Bonchev–Trinajstić information content (AvgIpc) is 2.42. The molecule has 0 spiro atoms. The lowest BCUT2D eigenvalue weighted by atomic mass is 10.0. The summed E-state index contributed by atoms with van der Waals surface area (Å²) in [6.07, 6.45) is -4.40. The highest BCUT2D eigenvalue weighted by molar-refractivity contribution is 9.09. The molecule has 0 aliphatic heterocycles. The largest absolute Gasteiger partial charge is 0.416 e. The van der Waals surface area contributed by atoms with E-state index in [0.717, 1.165) is 24.3 Å². The van der Waals surface area contributed by atoms with Gasteiger partial charge in [0.1, 0.15) is 11.6 Å². The summed E-state index contributed by atoms with van der Waals surface area (Å²) in [6, 6.07) is 8.02. The molecule has 0 radical (unpaired) electrons. The van der Waals surface area contributed by atoms with Crippen LogP contribution in [0.5, 0.6) is 0 Å². The van der Waals surface area contributed by atoms with Crippen molar-refractivity contribution in [1.82, 2.24) is 0 Å². The molecule has 0 bridgehead atoms. The van der Waals surface area contributed by atoms with Gasteiger partial charge in [-0.25, -0.2) is 8.78 Å². The minimum atomic E-state index is -4.40. The predicted molar refractivity (Wildman–Crippen MR) is 73.2 cm³/mol. The van der Waals surface area contributed by atoms with Crippen LogP contribution in [0.4, 0.5) is 22.0 Å². The van der Waals surface area contributed by atoms with E-state index >= 15 is 0 Å². The smallest absolute Gasteiger partial charge is 0.207 e. The molecule has 0 N–H and O–H groups in total. The van der Waals surface area contributed by atoms with Crippen LogP contribution in [0, 0.1) is 11.6 Å². The summed E-state index contributed by atoms with van der Waals surface area (Å²) in [5.41, 5.74) is -0.340. The van der Waals surface area contributed by atoms with Crippen molar-refractivity contribution in [2.24, 2.45) is 0 Å². The van der Waals surface area contributed by atoms with Gasteiger partial charge >= 0.3 is 6.18 Å². The van der Waals surface area contributed by atoms with Gasteiger partial charge in [-0.05, 0) is 36.2 Å². The fourth-order valence-electron chi connectivity index (χ4n) is 1.91. The Kier molecular flexibility index (Phi) is 4.66. The van der Waals surface area contributed by atoms with Gasteiger partial charge < -0.3 is 0 Å². The zero-order valence-electron chi connectivity index (χ0n) is 10.6. The third-order valence-corrected chi connectivity index (χ3v) is 3.90. The molecule has 21 heavy (non-hydrogen) atoms. The summed E-state index contributed by atoms with van der Waals surface area (Å²) < 4.78 is 64.5. The van der Waals surface area contributed by atoms with Gasteiger partial charge in [-0.15, -0.1) is 0 Å². The molecule has 0 nitrogen and oxygen atoms in total. The van der Waals surface area contributed by atoms with Crippen molar-refractivity contribution in [3.05, 3.63) is 70.8 Å². The van der Waals surface area contributed by atoms with E-state index in [1.165, 1.54) is 18.2 Å². The number of halogens is 6. The van der Waals surface area contributed by atoms with Gasteiger partial charge in [-0.2, -0.15) is 13.2 Å². The maximum atomic E-state index is 13.5. The highest BCUT2D eigenvalue weighted by Crippen LogP contribution is 2.33. The highest BCUT2D eigenvalue weighted by Gasteiger charge is 2.30. The number of hydrogen-bond acceptors (Lipinski definition) is 0. The van der Waals surface area contributed by atoms with E-state index in [0.29, 0.717) is 5.56 Å². The first-order chi connectivity index (χ1) is 9.79. The van der Waals surface area contributed by atoms with Crippen LogP contribution >= 0.6 is 15.9 Å². The van der Waals surface area contributed by atoms with Gasteiger partial charge in [0.15, 0.2) is 0 Å².